The van der Waals surface area contributed by atoms with Gasteiger partial charge in [0.05, 0.1) is 131 Å². The zero-order valence-electron chi connectivity index (χ0n) is 66.2. The van der Waals surface area contributed by atoms with Crippen molar-refractivity contribution in [2.45, 2.75) is 119 Å². The summed E-state index contributed by atoms with van der Waals surface area (Å²) >= 11 is 0. The molecule has 0 aliphatic carbocycles. The Balaban J connectivity index is 0.000000214. The van der Waals surface area contributed by atoms with Crippen molar-refractivity contribution in [3.63, 3.8) is 0 Å². The van der Waals surface area contributed by atoms with Crippen LogP contribution in [0.2, 0.25) is 0 Å². The van der Waals surface area contributed by atoms with Gasteiger partial charge in [0, 0.05) is 88.9 Å². The lowest BCUT2D eigenvalue weighted by Crippen LogP contribution is -2.33. The summed E-state index contributed by atoms with van der Waals surface area (Å²) in [4.78, 5) is 136. The number of methoxy groups -OCH3 is 5. The van der Waals surface area contributed by atoms with E-state index < -0.39 is 92.3 Å². The third-order valence-electron chi connectivity index (χ3n) is 18.2. The SMILES string of the molecule is COC(=O)C1=C(C#N)NC(C)=C(C(=O)OC(C)C)C1c1cccc([N+](=O)[O-])c1.COC(=O)C1=C(C)NC(C)=C(C(=O)OC(C)C)C1c1cccc2nonc12.COC(=O)C1=C(C)NC(C)=C(C(=O)OC)C1c1ccccc1[N+](=O)[O-].COC(=O)C1=C(C)NC(C)=C(C(=O)OCCN(C)Cc2ccccc2)C1c1cccc([N+](=O)[O-])c1. The van der Waals surface area contributed by atoms with Gasteiger partial charge >= 0.3 is 47.8 Å². The van der Waals surface area contributed by atoms with Gasteiger partial charge in [-0.15, -0.1) is 0 Å². The Kier molecular flexibility index (Phi) is 30.5. The number of allylic oxidation sites excluding steroid dienone is 8. The maximum Gasteiger partial charge on any atom is 0.337 e. The summed E-state index contributed by atoms with van der Waals surface area (Å²) in [5.74, 6) is -8.80. The van der Waals surface area contributed by atoms with Gasteiger partial charge in [-0.2, -0.15) is 5.26 Å². The van der Waals surface area contributed by atoms with Gasteiger partial charge < -0.3 is 59.2 Å². The van der Waals surface area contributed by atoms with E-state index in [-0.39, 0.29) is 74.5 Å². The molecule has 34 heteroatoms. The average molecular weight is 1580 g/mol. The second-order valence-electron chi connectivity index (χ2n) is 26.6. The van der Waals surface area contributed by atoms with E-state index in [1.54, 1.807) is 106 Å². The number of aromatic nitrogens is 2. The molecule has 604 valence electrons. The number of nitrogens with zero attached hydrogens (tertiary/aromatic N) is 7. The lowest BCUT2D eigenvalue weighted by Gasteiger charge is -2.30. The Labute approximate surface area is 660 Å². The second-order valence-corrected chi connectivity index (χ2v) is 26.6. The number of fused-ring (bicyclic) bond motifs is 1. The van der Waals surface area contributed by atoms with Crippen molar-refractivity contribution in [1.29, 1.82) is 5.26 Å². The molecule has 34 nitrogen and oxygen atoms in total. The quantitative estimate of drug-likeness (QED) is 0.0212. The summed E-state index contributed by atoms with van der Waals surface area (Å²) in [6.45, 7) is 20.0. The number of dihydropyridines is 4. The highest BCUT2D eigenvalue weighted by atomic mass is 16.6. The second kappa shape index (κ2) is 39.8. The number of nitriles is 1. The lowest BCUT2D eigenvalue weighted by atomic mass is 9.79. The van der Waals surface area contributed by atoms with Crippen molar-refractivity contribution in [3.8, 4) is 6.07 Å². The number of benzene rings is 5. The molecule has 0 amide bonds. The Bertz CT molecular complexity index is 5110. The summed E-state index contributed by atoms with van der Waals surface area (Å²) in [5.41, 5.74) is 7.75. The minimum atomic E-state index is -1.06. The van der Waals surface area contributed by atoms with Crippen molar-refractivity contribution in [2.24, 2.45) is 0 Å². The van der Waals surface area contributed by atoms with Gasteiger partial charge in [0.25, 0.3) is 17.1 Å². The number of hydrogen-bond acceptors (Lipinski definition) is 31. The van der Waals surface area contributed by atoms with Gasteiger partial charge in [0.1, 0.15) is 29.4 Å². The highest BCUT2D eigenvalue weighted by Gasteiger charge is 2.44. The molecule has 1 aromatic heterocycles. The number of carbonyl (C=O) groups excluding carboxylic acids is 8. The molecule has 4 aliphatic heterocycles. The van der Waals surface area contributed by atoms with Crippen LogP contribution in [0.4, 0.5) is 17.1 Å². The molecular formula is C81H87N11O23. The molecule has 0 fully saturated rings. The number of para-hydroxylation sites is 1. The first-order valence-electron chi connectivity index (χ1n) is 35.5. The molecule has 4 aliphatic rings. The van der Waals surface area contributed by atoms with Crippen LogP contribution in [0.15, 0.2) is 216 Å². The van der Waals surface area contributed by atoms with Crippen LogP contribution in [-0.2, 0) is 82.8 Å². The normalized spacial score (nSPS) is 16.0. The first-order valence-corrected chi connectivity index (χ1v) is 35.5. The Morgan fingerprint density at radius 1 is 0.461 bits per heavy atom. The number of carbonyl (C=O) groups is 8. The standard InChI is InChI=1S/C26H29N3O6.C19H19N3O6.C19H21N3O5.C17H18N2O6/c1-17-22(25(30)34-4)24(20-11-8-12-21(15-20)29(32)33)23(18(2)27-17)26(31)35-14-13-28(3)16-19-9-6-5-7-10-19;1-10(2)28-19(24)15-11(3)21-14(9-20)17(18(23)27-4)16(15)12-6-5-7-13(8-12)22(25)26;1-9(2)26-19(24)15-11(4)20-10(3)14(18(23)25-5)16(15)12-7-6-8-13-17(12)22-27-21-13;1-9-13(16(20)24-3)15(14(10(2)18-9)17(21)25-4)11-7-5-6-8-12(11)19(22)23/h5-12,15,24,27H,13-14,16H2,1-4H3;5-8,10,16,21H,1-4H3;6-9,16,20H,1-5H3;5-8,15,18H,1-4H3. The number of hydrogen-bond donors (Lipinski definition) is 4. The molecule has 5 aromatic carbocycles. The number of likely N-dealkylation sites (N-methyl/N-ethyl adjacent to an activating group) is 1. The summed E-state index contributed by atoms with van der Waals surface area (Å²) in [5, 5.41) is 63.1. The summed E-state index contributed by atoms with van der Waals surface area (Å²) < 4.78 is 45.6. The highest BCUT2D eigenvalue weighted by molar-refractivity contribution is 6.04. The lowest BCUT2D eigenvalue weighted by molar-refractivity contribution is -0.385. The highest BCUT2D eigenvalue weighted by Crippen LogP contribution is 2.46. The largest absolute Gasteiger partial charge is 0.466 e. The zero-order chi connectivity index (χ0) is 85.0. The average Bonchev–Trinajstić information content (AvgIpc) is 1.74. The number of nitro benzene ring substituents is 3. The molecule has 0 spiro atoms. The fourth-order valence-electron chi connectivity index (χ4n) is 13.3. The van der Waals surface area contributed by atoms with Gasteiger partial charge in [0.15, 0.2) is 0 Å². The summed E-state index contributed by atoms with van der Waals surface area (Å²) in [7, 11) is 8.05. The van der Waals surface area contributed by atoms with E-state index in [0.717, 1.165) is 12.7 Å². The molecule has 115 heavy (non-hydrogen) atoms. The zero-order valence-corrected chi connectivity index (χ0v) is 66.2. The number of nitrogens with one attached hydrogen (secondary N) is 4. The van der Waals surface area contributed by atoms with Crippen LogP contribution in [-0.4, -0.2) is 146 Å². The smallest absolute Gasteiger partial charge is 0.337 e. The molecule has 3 atom stereocenters. The van der Waals surface area contributed by atoms with E-state index in [4.69, 9.17) is 42.5 Å². The number of esters is 8. The summed E-state index contributed by atoms with van der Waals surface area (Å²) in [6, 6.07) is 34.5. The monoisotopic (exact) mass is 1580 g/mol. The number of non-ortho nitro benzene ring substituents is 2. The van der Waals surface area contributed by atoms with Crippen molar-refractivity contribution < 1.29 is 95.7 Å². The number of rotatable bonds is 22. The third-order valence-corrected chi connectivity index (χ3v) is 18.2. The Morgan fingerprint density at radius 2 is 0.835 bits per heavy atom. The van der Waals surface area contributed by atoms with Gasteiger partial charge in [-0.3, -0.25) is 35.2 Å². The molecule has 10 rings (SSSR count). The first kappa shape index (κ1) is 88.2. The summed E-state index contributed by atoms with van der Waals surface area (Å²) in [6.07, 6.45) is -0.738. The number of ether oxygens (including phenoxy) is 8. The maximum absolute atomic E-state index is 13.3. The van der Waals surface area contributed by atoms with E-state index in [1.807, 2.05) is 48.3 Å². The third kappa shape index (κ3) is 20.8. The van der Waals surface area contributed by atoms with Crippen LogP contribution in [0.1, 0.15) is 128 Å². The van der Waals surface area contributed by atoms with Crippen molar-refractivity contribution >= 4 is 75.9 Å². The molecule has 0 saturated carbocycles. The van der Waals surface area contributed by atoms with Crippen molar-refractivity contribution in [3.05, 3.63) is 270 Å². The van der Waals surface area contributed by atoms with Gasteiger partial charge in [-0.05, 0) is 122 Å². The predicted molar refractivity (Wildman–Crippen MR) is 412 cm³/mol. The van der Waals surface area contributed by atoms with E-state index in [9.17, 15) is 74.0 Å². The topological polar surface area (TPSA) is 454 Å². The van der Waals surface area contributed by atoms with Crippen LogP contribution in [0.5, 0.6) is 0 Å². The molecule has 5 heterocycles. The van der Waals surface area contributed by atoms with Crippen molar-refractivity contribution in [2.75, 3.05) is 55.7 Å². The predicted octanol–water partition coefficient (Wildman–Crippen LogP) is 10.9. The van der Waals surface area contributed by atoms with Gasteiger partial charge in [0.2, 0.25) is 0 Å². The molecular weight excluding hydrogens is 1490 g/mol. The molecule has 3 unspecified atom stereocenters. The minimum Gasteiger partial charge on any atom is -0.466 e. The van der Waals surface area contributed by atoms with Crippen LogP contribution < -0.4 is 21.3 Å². The van der Waals surface area contributed by atoms with Crippen LogP contribution in [0.25, 0.3) is 11.0 Å². The fourth-order valence-corrected chi connectivity index (χ4v) is 13.3. The molecule has 6 aromatic rings. The van der Waals surface area contributed by atoms with E-state index >= 15 is 0 Å². The minimum absolute atomic E-state index is 0.0774. The van der Waals surface area contributed by atoms with Crippen molar-refractivity contribution in [1.82, 2.24) is 36.5 Å². The van der Waals surface area contributed by atoms with E-state index in [0.29, 0.717) is 91.8 Å². The van der Waals surface area contributed by atoms with Crippen LogP contribution in [0.3, 0.4) is 0 Å². The molecule has 4 N–H and O–H groups in total. The number of nitro groups is 3. The first-order chi connectivity index (χ1) is 54.6. The van der Waals surface area contributed by atoms with Gasteiger partial charge in [-0.1, -0.05) is 84.9 Å². The van der Waals surface area contributed by atoms with Crippen LogP contribution in [0, 0.1) is 41.7 Å². The fraction of sp³-hybridized carbons (Fsp3) is 0.321. The van der Waals surface area contributed by atoms with E-state index in [1.165, 1.54) is 89.1 Å². The van der Waals surface area contributed by atoms with E-state index in [2.05, 4.69) is 31.6 Å². The molecule has 0 saturated heterocycles. The maximum atomic E-state index is 13.3. The molecule has 0 radical (unpaired) electrons. The Morgan fingerprint density at radius 3 is 1.27 bits per heavy atom. The van der Waals surface area contributed by atoms with Crippen LogP contribution >= 0.6 is 0 Å². The van der Waals surface area contributed by atoms with Gasteiger partial charge in [-0.25, -0.2) is 43.0 Å². The Hall–Kier alpha value is -14.0. The molecule has 0 bridgehead atoms.